The van der Waals surface area contributed by atoms with Crippen molar-refractivity contribution in [3.63, 3.8) is 0 Å². The zero-order valence-corrected chi connectivity index (χ0v) is 33.2. The SMILES string of the molecule is CC1(C)c2ccccc2-c2ccc(-c3c4ccc(Br)cc4c(-c4ccc5c(c4)C(C)(C)c4ccccc4-5)c4cc5c(cc34)-c3ccccc3C5(C)C)cc21. The first-order chi connectivity index (χ1) is 26.0. The molecule has 11 rings (SSSR count). The van der Waals surface area contributed by atoms with Crippen LogP contribution in [-0.4, -0.2) is 0 Å². The maximum atomic E-state index is 3.93. The van der Waals surface area contributed by atoms with E-state index in [-0.39, 0.29) is 16.2 Å². The maximum Gasteiger partial charge on any atom is 0.0181 e. The molecule has 0 amide bonds. The molecule has 0 unspecified atom stereocenters. The zero-order valence-electron chi connectivity index (χ0n) is 31.7. The molecule has 54 heavy (non-hydrogen) atoms. The van der Waals surface area contributed by atoms with Crippen LogP contribution < -0.4 is 0 Å². The van der Waals surface area contributed by atoms with Crippen LogP contribution in [0.3, 0.4) is 0 Å². The highest BCUT2D eigenvalue weighted by molar-refractivity contribution is 9.10. The van der Waals surface area contributed by atoms with Crippen molar-refractivity contribution in [1.29, 1.82) is 0 Å². The Kier molecular flexibility index (Phi) is 6.39. The molecule has 0 aromatic heterocycles. The van der Waals surface area contributed by atoms with E-state index in [0.29, 0.717) is 0 Å². The summed E-state index contributed by atoms with van der Waals surface area (Å²) in [7, 11) is 0. The average molecular weight is 758 g/mol. The first-order valence-corrected chi connectivity index (χ1v) is 20.1. The van der Waals surface area contributed by atoms with Gasteiger partial charge in [0.1, 0.15) is 0 Å². The van der Waals surface area contributed by atoms with Crippen LogP contribution in [0.2, 0.25) is 0 Å². The van der Waals surface area contributed by atoms with Crippen molar-refractivity contribution in [3.8, 4) is 55.6 Å². The van der Waals surface area contributed by atoms with Crippen molar-refractivity contribution >= 4 is 37.5 Å². The first kappa shape index (κ1) is 32.2. The van der Waals surface area contributed by atoms with Gasteiger partial charge in [0.2, 0.25) is 0 Å². The maximum absolute atomic E-state index is 3.93. The Labute approximate surface area is 326 Å². The molecule has 0 bridgehead atoms. The van der Waals surface area contributed by atoms with Crippen LogP contribution in [-0.2, 0) is 16.2 Å². The molecule has 0 aliphatic heterocycles. The molecule has 3 aliphatic carbocycles. The fraction of sp³-hybridized carbons (Fsp3) is 0.170. The minimum atomic E-state index is -0.116. The number of benzene rings is 8. The molecule has 1 heteroatoms. The second-order valence-corrected chi connectivity index (χ2v) is 18.3. The van der Waals surface area contributed by atoms with Crippen molar-refractivity contribution in [3.05, 3.63) is 177 Å². The lowest BCUT2D eigenvalue weighted by Crippen LogP contribution is -2.15. The molecular formula is C53H41Br. The van der Waals surface area contributed by atoms with Gasteiger partial charge in [-0.25, -0.2) is 0 Å². The van der Waals surface area contributed by atoms with Crippen LogP contribution in [0.5, 0.6) is 0 Å². The number of rotatable bonds is 2. The molecule has 0 atom stereocenters. The lowest BCUT2D eigenvalue weighted by atomic mass is 9.78. The van der Waals surface area contributed by atoms with Gasteiger partial charge in [-0.15, -0.1) is 0 Å². The summed E-state index contributed by atoms with van der Waals surface area (Å²) in [4.78, 5) is 0. The minimum absolute atomic E-state index is 0.0878. The van der Waals surface area contributed by atoms with E-state index in [0.717, 1.165) is 4.47 Å². The fourth-order valence-electron chi connectivity index (χ4n) is 10.7. The van der Waals surface area contributed by atoms with Gasteiger partial charge in [-0.1, -0.05) is 161 Å². The molecule has 0 N–H and O–H groups in total. The topological polar surface area (TPSA) is 0 Å². The van der Waals surface area contributed by atoms with Crippen LogP contribution in [0, 0.1) is 0 Å². The molecule has 0 spiro atoms. The summed E-state index contributed by atoms with van der Waals surface area (Å²) in [5.41, 5.74) is 21.4. The van der Waals surface area contributed by atoms with E-state index in [1.165, 1.54) is 111 Å². The Morgan fingerprint density at radius 2 is 0.704 bits per heavy atom. The molecule has 0 radical (unpaired) electrons. The van der Waals surface area contributed by atoms with Gasteiger partial charge in [-0.3, -0.25) is 0 Å². The summed E-state index contributed by atoms with van der Waals surface area (Å²) in [5.74, 6) is 0. The van der Waals surface area contributed by atoms with Crippen molar-refractivity contribution in [1.82, 2.24) is 0 Å². The highest BCUT2D eigenvalue weighted by Crippen LogP contribution is 2.56. The molecule has 260 valence electrons. The van der Waals surface area contributed by atoms with E-state index in [4.69, 9.17) is 0 Å². The van der Waals surface area contributed by atoms with Crippen LogP contribution in [0.15, 0.2) is 144 Å². The third kappa shape index (κ3) is 4.09. The molecule has 0 fully saturated rings. The Hall–Kier alpha value is -5.24. The molecule has 0 heterocycles. The summed E-state index contributed by atoms with van der Waals surface area (Å²) in [6.45, 7) is 14.3. The minimum Gasteiger partial charge on any atom is -0.0619 e. The number of halogens is 1. The summed E-state index contributed by atoms with van der Waals surface area (Å²) in [5, 5.41) is 5.17. The summed E-state index contributed by atoms with van der Waals surface area (Å²) < 4.78 is 1.09. The summed E-state index contributed by atoms with van der Waals surface area (Å²) in [6.07, 6.45) is 0. The lowest BCUT2D eigenvalue weighted by molar-refractivity contribution is 0.660. The summed E-state index contributed by atoms with van der Waals surface area (Å²) in [6, 6.07) is 53.5. The van der Waals surface area contributed by atoms with Crippen molar-refractivity contribution < 1.29 is 0 Å². The summed E-state index contributed by atoms with van der Waals surface area (Å²) >= 11 is 3.93. The highest BCUT2D eigenvalue weighted by atomic mass is 79.9. The quantitative estimate of drug-likeness (QED) is 0.154. The van der Waals surface area contributed by atoms with Crippen molar-refractivity contribution in [2.75, 3.05) is 0 Å². The van der Waals surface area contributed by atoms with Gasteiger partial charge in [0, 0.05) is 20.7 Å². The van der Waals surface area contributed by atoms with Crippen LogP contribution in [0.4, 0.5) is 0 Å². The first-order valence-electron chi connectivity index (χ1n) is 19.3. The fourth-order valence-corrected chi connectivity index (χ4v) is 11.1. The van der Waals surface area contributed by atoms with Gasteiger partial charge in [-0.2, -0.15) is 0 Å². The number of hydrogen-bond donors (Lipinski definition) is 0. The Morgan fingerprint density at radius 3 is 1.22 bits per heavy atom. The molecular weight excluding hydrogens is 716 g/mol. The third-order valence-electron chi connectivity index (χ3n) is 13.5. The Morgan fingerprint density at radius 1 is 0.315 bits per heavy atom. The van der Waals surface area contributed by atoms with E-state index >= 15 is 0 Å². The van der Waals surface area contributed by atoms with Gasteiger partial charge in [0.25, 0.3) is 0 Å². The predicted octanol–water partition coefficient (Wildman–Crippen LogP) is 15.0. The molecule has 0 saturated carbocycles. The largest absolute Gasteiger partial charge is 0.0619 e. The average Bonchev–Trinajstić information content (AvgIpc) is 3.65. The lowest BCUT2D eigenvalue weighted by Gasteiger charge is -2.25. The van der Waals surface area contributed by atoms with Crippen molar-refractivity contribution in [2.45, 2.75) is 57.8 Å². The smallest absolute Gasteiger partial charge is 0.0181 e. The third-order valence-corrected chi connectivity index (χ3v) is 14.0. The van der Waals surface area contributed by atoms with Gasteiger partial charge < -0.3 is 0 Å². The second-order valence-electron chi connectivity index (χ2n) is 17.4. The van der Waals surface area contributed by atoms with Crippen LogP contribution in [0.1, 0.15) is 74.9 Å². The zero-order chi connectivity index (χ0) is 36.9. The second kappa shape index (κ2) is 10.7. The highest BCUT2D eigenvalue weighted by Gasteiger charge is 2.39. The molecule has 0 nitrogen and oxygen atoms in total. The molecule has 8 aromatic carbocycles. The van der Waals surface area contributed by atoms with Crippen molar-refractivity contribution in [2.24, 2.45) is 0 Å². The Bertz CT molecular complexity index is 2970. The molecule has 3 aliphatic rings. The van der Waals surface area contributed by atoms with Gasteiger partial charge in [0.05, 0.1) is 0 Å². The normalized spacial score (nSPS) is 16.1. The number of fused-ring (bicyclic) bond motifs is 11. The van der Waals surface area contributed by atoms with Gasteiger partial charge in [-0.05, 0) is 147 Å². The van der Waals surface area contributed by atoms with E-state index in [9.17, 15) is 0 Å². The molecule has 8 aromatic rings. The van der Waals surface area contributed by atoms with E-state index in [2.05, 4.69) is 197 Å². The van der Waals surface area contributed by atoms with E-state index in [1.807, 2.05) is 0 Å². The predicted molar refractivity (Wildman–Crippen MR) is 233 cm³/mol. The van der Waals surface area contributed by atoms with Gasteiger partial charge in [0.15, 0.2) is 0 Å². The monoisotopic (exact) mass is 756 g/mol. The molecule has 0 saturated heterocycles. The standard InChI is InChI=1S/C53H41Br/c1-51(2)43-16-10-7-13-33(43)36-22-19-30(25-46(36)51)49-38-24-21-32(54)27-40(38)50(31-20-23-37-34-14-8-11-17-44(34)52(3,4)47(37)26-31)42-29-48-39(28-41(42)49)35-15-9-12-18-45(35)53(48,5)6/h7-29H,1-6H3. The van der Waals surface area contributed by atoms with Gasteiger partial charge >= 0.3 is 0 Å². The van der Waals surface area contributed by atoms with Crippen LogP contribution >= 0.6 is 15.9 Å². The van der Waals surface area contributed by atoms with E-state index < -0.39 is 0 Å². The van der Waals surface area contributed by atoms with E-state index in [1.54, 1.807) is 0 Å². The van der Waals surface area contributed by atoms with Crippen LogP contribution in [0.25, 0.3) is 77.2 Å². The number of hydrogen-bond acceptors (Lipinski definition) is 0. The Balaban J connectivity index is 1.26.